The maximum atomic E-state index is 13.0. The Morgan fingerprint density at radius 3 is 2.81 bits per heavy atom. The van der Waals surface area contributed by atoms with Crippen LogP contribution in [0.1, 0.15) is 54.3 Å². The molecule has 1 aliphatic rings. The smallest absolute Gasteiger partial charge is 0.264 e. The monoisotopic (exact) mass is 377 g/mol. The van der Waals surface area contributed by atoms with Crippen LogP contribution in [0, 0.1) is 6.92 Å². The molecule has 1 amide bonds. The van der Waals surface area contributed by atoms with Crippen molar-refractivity contribution >= 4 is 27.5 Å². The van der Waals surface area contributed by atoms with Crippen molar-refractivity contribution in [3.8, 4) is 0 Å². The maximum absolute atomic E-state index is 13.0. The van der Waals surface area contributed by atoms with Gasteiger partial charge in [0.15, 0.2) is 0 Å². The SMILES string of the molecule is CCOCCn1cnc2sc(C(=O)N(C)C3CCCCC3)c(C)c2c1=O. The van der Waals surface area contributed by atoms with E-state index in [1.807, 2.05) is 25.8 Å². The van der Waals surface area contributed by atoms with Gasteiger partial charge in [-0.3, -0.25) is 14.2 Å². The topological polar surface area (TPSA) is 64.4 Å². The summed E-state index contributed by atoms with van der Waals surface area (Å²) in [7, 11) is 1.88. The lowest BCUT2D eigenvalue weighted by Crippen LogP contribution is -2.38. The minimum Gasteiger partial charge on any atom is -0.380 e. The van der Waals surface area contributed by atoms with Gasteiger partial charge in [-0.1, -0.05) is 19.3 Å². The molecule has 142 valence electrons. The van der Waals surface area contributed by atoms with Gasteiger partial charge in [0.1, 0.15) is 4.83 Å². The third kappa shape index (κ3) is 3.69. The third-order valence-corrected chi connectivity index (χ3v) is 6.42. The Labute approximate surface area is 157 Å². The fourth-order valence-electron chi connectivity index (χ4n) is 3.62. The molecule has 2 aromatic rings. The number of hydrogen-bond acceptors (Lipinski definition) is 5. The minimum absolute atomic E-state index is 0.0117. The zero-order valence-corrected chi connectivity index (χ0v) is 16.6. The van der Waals surface area contributed by atoms with E-state index in [0.29, 0.717) is 40.9 Å². The molecule has 1 saturated carbocycles. The van der Waals surface area contributed by atoms with Gasteiger partial charge in [-0.2, -0.15) is 0 Å². The molecule has 0 N–H and O–H groups in total. The number of carbonyl (C=O) groups excluding carboxylic acids is 1. The normalized spacial score (nSPS) is 15.5. The van der Waals surface area contributed by atoms with Crippen molar-refractivity contribution < 1.29 is 9.53 Å². The molecule has 0 spiro atoms. The van der Waals surface area contributed by atoms with Gasteiger partial charge >= 0.3 is 0 Å². The van der Waals surface area contributed by atoms with Gasteiger partial charge in [0, 0.05) is 19.7 Å². The molecular weight excluding hydrogens is 350 g/mol. The van der Waals surface area contributed by atoms with Gasteiger partial charge in [-0.15, -0.1) is 11.3 Å². The van der Waals surface area contributed by atoms with Crippen LogP contribution in [-0.2, 0) is 11.3 Å². The highest BCUT2D eigenvalue weighted by molar-refractivity contribution is 7.20. The molecule has 0 saturated heterocycles. The van der Waals surface area contributed by atoms with E-state index in [-0.39, 0.29) is 11.5 Å². The van der Waals surface area contributed by atoms with Gasteiger partial charge in [-0.25, -0.2) is 4.98 Å². The van der Waals surface area contributed by atoms with E-state index < -0.39 is 0 Å². The van der Waals surface area contributed by atoms with Crippen LogP contribution in [0.4, 0.5) is 0 Å². The summed E-state index contributed by atoms with van der Waals surface area (Å²) in [5, 5.41) is 0.564. The highest BCUT2D eigenvalue weighted by Crippen LogP contribution is 2.30. The first-order valence-corrected chi connectivity index (χ1v) is 10.2. The van der Waals surface area contributed by atoms with Crippen LogP contribution in [0.2, 0.25) is 0 Å². The lowest BCUT2D eigenvalue weighted by atomic mass is 9.94. The second-order valence-electron chi connectivity index (χ2n) is 6.88. The molecule has 1 fully saturated rings. The Morgan fingerprint density at radius 2 is 2.12 bits per heavy atom. The summed E-state index contributed by atoms with van der Waals surface area (Å²) in [6.07, 6.45) is 7.30. The van der Waals surface area contributed by atoms with E-state index in [9.17, 15) is 9.59 Å². The molecule has 0 aliphatic heterocycles. The highest BCUT2D eigenvalue weighted by atomic mass is 32.1. The molecule has 0 atom stereocenters. The van der Waals surface area contributed by atoms with E-state index in [0.717, 1.165) is 18.4 Å². The van der Waals surface area contributed by atoms with E-state index in [4.69, 9.17) is 4.74 Å². The summed E-state index contributed by atoms with van der Waals surface area (Å²) in [4.78, 5) is 33.4. The van der Waals surface area contributed by atoms with Crippen molar-refractivity contribution in [1.29, 1.82) is 0 Å². The van der Waals surface area contributed by atoms with Gasteiger partial charge in [-0.05, 0) is 32.3 Å². The summed E-state index contributed by atoms with van der Waals surface area (Å²) in [5.41, 5.74) is 0.656. The van der Waals surface area contributed by atoms with Crippen molar-refractivity contribution in [2.45, 2.75) is 58.5 Å². The summed E-state index contributed by atoms with van der Waals surface area (Å²) in [5.74, 6) is 0.0117. The number of amides is 1. The third-order valence-electron chi connectivity index (χ3n) is 5.23. The van der Waals surface area contributed by atoms with Gasteiger partial charge in [0.25, 0.3) is 11.5 Å². The Morgan fingerprint density at radius 1 is 1.38 bits per heavy atom. The number of ether oxygens (including phenoxy) is 1. The van der Waals surface area contributed by atoms with Crippen LogP contribution < -0.4 is 5.56 Å². The quantitative estimate of drug-likeness (QED) is 0.725. The number of nitrogens with zero attached hydrogens (tertiary/aromatic N) is 3. The summed E-state index contributed by atoms with van der Waals surface area (Å²) in [6.45, 7) is 5.35. The summed E-state index contributed by atoms with van der Waals surface area (Å²) in [6, 6.07) is 0.302. The molecule has 0 bridgehead atoms. The molecule has 2 heterocycles. The predicted octanol–water partition coefficient (Wildman–Crippen LogP) is 3.21. The van der Waals surface area contributed by atoms with Crippen LogP contribution in [0.5, 0.6) is 0 Å². The van der Waals surface area contributed by atoms with Crippen LogP contribution >= 0.6 is 11.3 Å². The summed E-state index contributed by atoms with van der Waals surface area (Å²) < 4.78 is 6.90. The number of aromatic nitrogens is 2. The van der Waals surface area contributed by atoms with Crippen molar-refractivity contribution in [1.82, 2.24) is 14.5 Å². The maximum Gasteiger partial charge on any atom is 0.264 e. The predicted molar refractivity (Wildman–Crippen MR) is 104 cm³/mol. The zero-order chi connectivity index (χ0) is 18.7. The summed E-state index contributed by atoms with van der Waals surface area (Å²) >= 11 is 1.33. The number of rotatable bonds is 6. The molecule has 0 radical (unpaired) electrons. The molecule has 26 heavy (non-hydrogen) atoms. The van der Waals surface area contributed by atoms with E-state index in [1.54, 1.807) is 10.9 Å². The lowest BCUT2D eigenvalue weighted by Gasteiger charge is -2.31. The number of aryl methyl sites for hydroxylation is 1. The van der Waals surface area contributed by atoms with E-state index in [2.05, 4.69) is 4.98 Å². The van der Waals surface area contributed by atoms with E-state index in [1.165, 1.54) is 30.6 Å². The molecule has 6 nitrogen and oxygen atoms in total. The first kappa shape index (κ1) is 19.0. The molecular formula is C19H27N3O3S. The fraction of sp³-hybridized carbons (Fsp3) is 0.632. The van der Waals surface area contributed by atoms with Crippen molar-refractivity contribution in [3.05, 3.63) is 27.1 Å². The van der Waals surface area contributed by atoms with Crippen LogP contribution in [0.25, 0.3) is 10.2 Å². The van der Waals surface area contributed by atoms with E-state index >= 15 is 0 Å². The molecule has 0 aromatic carbocycles. The average Bonchev–Trinajstić information content (AvgIpc) is 3.00. The minimum atomic E-state index is -0.0946. The van der Waals surface area contributed by atoms with Crippen LogP contribution in [-0.4, -0.2) is 46.7 Å². The van der Waals surface area contributed by atoms with Crippen LogP contribution in [0.15, 0.2) is 11.1 Å². The second kappa shape index (κ2) is 8.31. The van der Waals surface area contributed by atoms with Crippen molar-refractivity contribution in [3.63, 3.8) is 0 Å². The first-order chi connectivity index (χ1) is 12.5. The second-order valence-corrected chi connectivity index (χ2v) is 7.88. The van der Waals surface area contributed by atoms with Gasteiger partial charge in [0.2, 0.25) is 0 Å². The Kier molecular flexibility index (Phi) is 6.09. The molecule has 2 aromatic heterocycles. The fourth-order valence-corrected chi connectivity index (χ4v) is 4.75. The van der Waals surface area contributed by atoms with Gasteiger partial charge < -0.3 is 9.64 Å². The van der Waals surface area contributed by atoms with Crippen LogP contribution in [0.3, 0.4) is 0 Å². The first-order valence-electron chi connectivity index (χ1n) is 9.38. The number of fused-ring (bicyclic) bond motifs is 1. The number of carbonyl (C=O) groups is 1. The van der Waals surface area contributed by atoms with Crippen molar-refractivity contribution in [2.24, 2.45) is 0 Å². The van der Waals surface area contributed by atoms with Crippen molar-refractivity contribution in [2.75, 3.05) is 20.3 Å². The highest BCUT2D eigenvalue weighted by Gasteiger charge is 2.27. The zero-order valence-electron chi connectivity index (χ0n) is 15.8. The standard InChI is InChI=1S/C19H27N3O3S/c1-4-25-11-10-22-12-20-17-15(18(22)23)13(2)16(26-17)19(24)21(3)14-8-6-5-7-9-14/h12,14H,4-11H2,1-3H3. The van der Waals surface area contributed by atoms with Gasteiger partial charge in [0.05, 0.1) is 29.7 Å². The largest absolute Gasteiger partial charge is 0.380 e. The Balaban J connectivity index is 1.89. The molecule has 7 heteroatoms. The number of thiophene rings is 1. The molecule has 1 aliphatic carbocycles. The Hall–Kier alpha value is -1.73. The number of hydrogen-bond donors (Lipinski definition) is 0. The molecule has 0 unspecified atom stereocenters. The Bertz CT molecular complexity index is 836. The molecule has 3 rings (SSSR count). The lowest BCUT2D eigenvalue weighted by molar-refractivity contribution is 0.0700. The average molecular weight is 378 g/mol.